The summed E-state index contributed by atoms with van der Waals surface area (Å²) in [6.07, 6.45) is 0. The van der Waals surface area contributed by atoms with Gasteiger partial charge in [0, 0.05) is 14.8 Å². The molecule has 0 spiro atoms. The van der Waals surface area contributed by atoms with Crippen molar-refractivity contribution >= 4 is 46.1 Å². The molecule has 5 nitrogen and oxygen atoms in total. The van der Waals surface area contributed by atoms with E-state index in [-0.39, 0.29) is 16.8 Å². The third-order valence-electron chi connectivity index (χ3n) is 3.67. The molecule has 8 heteroatoms. The largest absolute Gasteiger partial charge is 0.344 e. The van der Waals surface area contributed by atoms with E-state index in [1.54, 1.807) is 22.9 Å². The quantitative estimate of drug-likeness (QED) is 0.423. The third-order valence-corrected chi connectivity index (χ3v) is 6.30. The maximum Gasteiger partial charge on any atom is 0.284 e. The van der Waals surface area contributed by atoms with Gasteiger partial charge in [-0.15, -0.1) is 22.7 Å². The summed E-state index contributed by atoms with van der Waals surface area (Å²) in [4.78, 5) is 26.5. The molecular formula is C18H15ClN2O3S2. The second-order valence-corrected chi connectivity index (χ2v) is 8.15. The molecule has 2 amide bonds. The number of rotatable bonds is 5. The predicted octanol–water partition coefficient (Wildman–Crippen LogP) is 4.74. The minimum atomic E-state index is -0.633. The fourth-order valence-corrected chi connectivity index (χ4v) is 4.35. The number of benzene rings is 1. The second-order valence-electron chi connectivity index (χ2n) is 5.51. The highest BCUT2D eigenvalue weighted by Crippen LogP contribution is 2.32. The standard InChI is InChI=1S/C18H15ClN2O3S2/c1-10(20-17(22)15-7-8-16(26-15)18(23)21-24)13-5-6-14(25-13)11-3-2-4-12(19)9-11/h2-10,24H,1H3,(H,20,22)(H,21,23). The third kappa shape index (κ3) is 4.13. The van der Waals surface area contributed by atoms with E-state index in [1.165, 1.54) is 6.07 Å². The molecule has 0 saturated carbocycles. The fourth-order valence-electron chi connectivity index (χ4n) is 2.36. The minimum absolute atomic E-state index is 0.183. The number of hydroxylamine groups is 1. The first-order valence-electron chi connectivity index (χ1n) is 7.68. The van der Waals surface area contributed by atoms with Crippen molar-refractivity contribution in [3.8, 4) is 10.4 Å². The molecule has 134 valence electrons. The highest BCUT2D eigenvalue weighted by Gasteiger charge is 2.17. The van der Waals surface area contributed by atoms with Gasteiger partial charge in [0.25, 0.3) is 11.8 Å². The van der Waals surface area contributed by atoms with E-state index in [0.717, 1.165) is 26.7 Å². The first-order chi connectivity index (χ1) is 12.5. The molecule has 2 aromatic heterocycles. The van der Waals surface area contributed by atoms with Crippen molar-refractivity contribution in [1.82, 2.24) is 10.8 Å². The van der Waals surface area contributed by atoms with Crippen molar-refractivity contribution in [1.29, 1.82) is 0 Å². The van der Waals surface area contributed by atoms with Crippen molar-refractivity contribution in [3.63, 3.8) is 0 Å². The van der Waals surface area contributed by atoms with Gasteiger partial charge < -0.3 is 5.32 Å². The first kappa shape index (κ1) is 18.6. The number of amides is 2. The van der Waals surface area contributed by atoms with Gasteiger partial charge in [-0.25, -0.2) is 5.48 Å². The number of halogens is 1. The number of hydrogen-bond donors (Lipinski definition) is 3. The minimum Gasteiger partial charge on any atom is -0.344 e. The molecule has 0 bridgehead atoms. The summed E-state index contributed by atoms with van der Waals surface area (Å²) < 4.78 is 0. The SMILES string of the molecule is CC(NC(=O)c1ccc(C(=O)NO)s1)c1ccc(-c2cccc(Cl)c2)s1. The molecule has 0 aliphatic heterocycles. The molecule has 0 aliphatic rings. The average molecular weight is 407 g/mol. The Morgan fingerprint density at radius 3 is 2.46 bits per heavy atom. The van der Waals surface area contributed by atoms with Crippen LogP contribution in [0.25, 0.3) is 10.4 Å². The van der Waals surface area contributed by atoms with Gasteiger partial charge in [-0.3, -0.25) is 14.8 Å². The Labute approximate surface area is 163 Å². The summed E-state index contributed by atoms with van der Waals surface area (Å²) in [7, 11) is 0. The fraction of sp³-hybridized carbons (Fsp3) is 0.111. The van der Waals surface area contributed by atoms with Crippen LogP contribution in [0.1, 0.15) is 37.2 Å². The summed E-state index contributed by atoms with van der Waals surface area (Å²) in [6.45, 7) is 1.90. The second kappa shape index (κ2) is 8.01. The van der Waals surface area contributed by atoms with E-state index in [0.29, 0.717) is 9.90 Å². The molecule has 3 N–H and O–H groups in total. The summed E-state index contributed by atoms with van der Waals surface area (Å²) in [5.74, 6) is -0.899. The summed E-state index contributed by atoms with van der Waals surface area (Å²) in [5.41, 5.74) is 2.59. The maximum atomic E-state index is 12.4. The maximum absolute atomic E-state index is 12.4. The lowest BCUT2D eigenvalue weighted by atomic mass is 10.2. The van der Waals surface area contributed by atoms with Crippen molar-refractivity contribution in [2.24, 2.45) is 0 Å². The number of thiophene rings is 2. The lowest BCUT2D eigenvalue weighted by Crippen LogP contribution is -2.25. The molecule has 26 heavy (non-hydrogen) atoms. The Kier molecular flexibility index (Phi) is 5.73. The molecule has 3 aromatic rings. The van der Waals surface area contributed by atoms with Crippen LogP contribution < -0.4 is 10.8 Å². The van der Waals surface area contributed by atoms with Crippen molar-refractivity contribution in [2.45, 2.75) is 13.0 Å². The highest BCUT2D eigenvalue weighted by atomic mass is 35.5. The van der Waals surface area contributed by atoms with Gasteiger partial charge in [-0.2, -0.15) is 0 Å². The molecule has 1 unspecified atom stereocenters. The predicted molar refractivity (Wildman–Crippen MR) is 104 cm³/mol. The summed E-state index contributed by atoms with van der Waals surface area (Å²) in [5, 5.41) is 12.2. The van der Waals surface area contributed by atoms with Crippen LogP contribution in [0.4, 0.5) is 0 Å². The number of carbonyl (C=O) groups is 2. The molecule has 0 radical (unpaired) electrons. The Bertz CT molecular complexity index is 951. The highest BCUT2D eigenvalue weighted by molar-refractivity contribution is 7.16. The van der Waals surface area contributed by atoms with Crippen molar-refractivity contribution in [3.05, 3.63) is 68.2 Å². The lowest BCUT2D eigenvalue weighted by Gasteiger charge is -2.11. The molecular weight excluding hydrogens is 392 g/mol. The van der Waals surface area contributed by atoms with Crippen LogP contribution in [0.3, 0.4) is 0 Å². The number of nitrogens with one attached hydrogen (secondary N) is 2. The molecule has 3 rings (SSSR count). The van der Waals surface area contributed by atoms with Crippen LogP contribution in [0.15, 0.2) is 48.5 Å². The zero-order valence-electron chi connectivity index (χ0n) is 13.7. The van der Waals surface area contributed by atoms with E-state index >= 15 is 0 Å². The van der Waals surface area contributed by atoms with E-state index in [2.05, 4.69) is 5.32 Å². The Morgan fingerprint density at radius 2 is 1.77 bits per heavy atom. The molecule has 0 fully saturated rings. The van der Waals surface area contributed by atoms with E-state index in [9.17, 15) is 9.59 Å². The van der Waals surface area contributed by atoms with E-state index in [4.69, 9.17) is 16.8 Å². The van der Waals surface area contributed by atoms with Gasteiger partial charge >= 0.3 is 0 Å². The average Bonchev–Trinajstić information content (AvgIpc) is 3.30. The van der Waals surface area contributed by atoms with Gasteiger partial charge in [0.2, 0.25) is 0 Å². The van der Waals surface area contributed by atoms with Crippen LogP contribution in [0.5, 0.6) is 0 Å². The molecule has 1 aromatic carbocycles. The lowest BCUT2D eigenvalue weighted by molar-refractivity contribution is 0.0711. The van der Waals surface area contributed by atoms with Crippen molar-refractivity contribution < 1.29 is 14.8 Å². The Morgan fingerprint density at radius 1 is 1.04 bits per heavy atom. The first-order valence-corrected chi connectivity index (χ1v) is 9.70. The number of hydrogen-bond acceptors (Lipinski definition) is 5. The topological polar surface area (TPSA) is 78.4 Å². The molecule has 1 atom stereocenters. The van der Waals surface area contributed by atoms with Gasteiger partial charge in [-0.1, -0.05) is 23.7 Å². The monoisotopic (exact) mass is 406 g/mol. The zero-order chi connectivity index (χ0) is 18.7. The summed E-state index contributed by atoms with van der Waals surface area (Å²) in [6, 6.07) is 14.5. The van der Waals surface area contributed by atoms with Crippen molar-refractivity contribution in [2.75, 3.05) is 0 Å². The molecule has 2 heterocycles. The van der Waals surface area contributed by atoms with Crippen LogP contribution in [-0.2, 0) is 0 Å². The molecule has 0 saturated heterocycles. The van der Waals surface area contributed by atoms with Gasteiger partial charge in [0.05, 0.1) is 15.8 Å². The van der Waals surface area contributed by atoms with Gasteiger partial charge in [0.1, 0.15) is 0 Å². The van der Waals surface area contributed by atoms with Crippen LogP contribution in [-0.4, -0.2) is 17.0 Å². The van der Waals surface area contributed by atoms with E-state index in [1.807, 2.05) is 43.3 Å². The zero-order valence-corrected chi connectivity index (χ0v) is 16.0. The Balaban J connectivity index is 1.70. The van der Waals surface area contributed by atoms with Crippen LogP contribution in [0.2, 0.25) is 5.02 Å². The van der Waals surface area contributed by atoms with Gasteiger partial charge in [-0.05, 0) is 48.9 Å². The van der Waals surface area contributed by atoms with E-state index < -0.39 is 5.91 Å². The normalized spacial score (nSPS) is 11.8. The number of carbonyl (C=O) groups excluding carboxylic acids is 2. The Hall–Kier alpha value is -2.19. The molecule has 0 aliphatic carbocycles. The smallest absolute Gasteiger partial charge is 0.284 e. The summed E-state index contributed by atoms with van der Waals surface area (Å²) >= 11 is 8.65. The van der Waals surface area contributed by atoms with Crippen LogP contribution in [0, 0.1) is 0 Å². The van der Waals surface area contributed by atoms with Crippen LogP contribution >= 0.6 is 34.3 Å². The van der Waals surface area contributed by atoms with Gasteiger partial charge in [0.15, 0.2) is 0 Å².